The van der Waals surface area contributed by atoms with Gasteiger partial charge in [0.05, 0.1) is 0 Å². The van der Waals surface area contributed by atoms with E-state index in [2.05, 4.69) is 4.98 Å². The van der Waals surface area contributed by atoms with Crippen LogP contribution in [-0.4, -0.2) is 16.7 Å². The van der Waals surface area contributed by atoms with Crippen molar-refractivity contribution in [2.24, 2.45) is 0 Å². The van der Waals surface area contributed by atoms with Crippen LogP contribution in [0, 0.1) is 6.92 Å². The van der Waals surface area contributed by atoms with Gasteiger partial charge in [0.25, 0.3) is 0 Å². The molecule has 1 heterocycles. The standard InChI is InChI=1S/C9H13NO/c1-7(6-11)9-4-3-8(2)10-5-9/h3-5,7,11H,6H2,1-2H3. The molecule has 1 N–H and O–H groups in total. The van der Waals surface area contributed by atoms with Crippen LogP contribution in [0.3, 0.4) is 0 Å². The molecular formula is C9H13NO. The maximum absolute atomic E-state index is 8.83. The predicted octanol–water partition coefficient (Wildman–Crippen LogP) is 1.49. The molecule has 1 unspecified atom stereocenters. The number of aryl methyl sites for hydroxylation is 1. The Hall–Kier alpha value is -0.890. The monoisotopic (exact) mass is 151 g/mol. The molecule has 0 saturated carbocycles. The Morgan fingerprint density at radius 1 is 1.55 bits per heavy atom. The van der Waals surface area contributed by atoms with Crippen molar-refractivity contribution >= 4 is 0 Å². The van der Waals surface area contributed by atoms with E-state index in [1.54, 1.807) is 0 Å². The molecule has 0 spiro atoms. The zero-order valence-corrected chi connectivity index (χ0v) is 6.91. The summed E-state index contributed by atoms with van der Waals surface area (Å²) in [5, 5.41) is 8.83. The molecule has 0 saturated heterocycles. The molecule has 0 aliphatic carbocycles. The maximum atomic E-state index is 8.83. The normalized spacial score (nSPS) is 13.0. The molecule has 0 amide bonds. The second-order valence-corrected chi connectivity index (χ2v) is 2.82. The van der Waals surface area contributed by atoms with Gasteiger partial charge >= 0.3 is 0 Å². The minimum atomic E-state index is 0.185. The highest BCUT2D eigenvalue weighted by molar-refractivity contribution is 5.16. The molecule has 2 nitrogen and oxygen atoms in total. The highest BCUT2D eigenvalue weighted by Crippen LogP contribution is 2.12. The molecule has 11 heavy (non-hydrogen) atoms. The molecule has 1 rings (SSSR count). The third-order valence-corrected chi connectivity index (χ3v) is 1.78. The van der Waals surface area contributed by atoms with Crippen LogP contribution in [0.5, 0.6) is 0 Å². The molecule has 0 bridgehead atoms. The van der Waals surface area contributed by atoms with Gasteiger partial charge in [0.1, 0.15) is 0 Å². The molecular weight excluding hydrogens is 138 g/mol. The van der Waals surface area contributed by atoms with Crippen molar-refractivity contribution < 1.29 is 5.11 Å². The Balaban J connectivity index is 2.81. The van der Waals surface area contributed by atoms with Crippen LogP contribution < -0.4 is 0 Å². The molecule has 1 atom stereocenters. The number of pyridine rings is 1. The summed E-state index contributed by atoms with van der Waals surface area (Å²) in [5.41, 5.74) is 2.11. The van der Waals surface area contributed by atoms with Crippen molar-refractivity contribution in [3.63, 3.8) is 0 Å². The zero-order valence-electron chi connectivity index (χ0n) is 6.91. The first kappa shape index (κ1) is 8.21. The Kier molecular flexibility index (Phi) is 2.60. The lowest BCUT2D eigenvalue weighted by atomic mass is 10.0. The Morgan fingerprint density at radius 2 is 2.27 bits per heavy atom. The lowest BCUT2D eigenvalue weighted by Gasteiger charge is -2.06. The van der Waals surface area contributed by atoms with Crippen LogP contribution in [0.4, 0.5) is 0 Å². The van der Waals surface area contributed by atoms with Gasteiger partial charge in [-0.3, -0.25) is 4.98 Å². The number of hydrogen-bond donors (Lipinski definition) is 1. The molecule has 0 fully saturated rings. The van der Waals surface area contributed by atoms with Crippen LogP contribution in [0.2, 0.25) is 0 Å². The second kappa shape index (κ2) is 3.49. The minimum Gasteiger partial charge on any atom is -0.396 e. The Bertz CT molecular complexity index is 218. The highest BCUT2D eigenvalue weighted by atomic mass is 16.3. The fourth-order valence-electron chi connectivity index (χ4n) is 0.876. The van der Waals surface area contributed by atoms with Gasteiger partial charge in [0.15, 0.2) is 0 Å². The Labute approximate surface area is 66.9 Å². The van der Waals surface area contributed by atoms with Crippen LogP contribution >= 0.6 is 0 Å². The average Bonchev–Trinajstić information content (AvgIpc) is 2.05. The minimum absolute atomic E-state index is 0.185. The SMILES string of the molecule is Cc1ccc(C(C)CO)cn1. The van der Waals surface area contributed by atoms with Crippen molar-refractivity contribution in [3.8, 4) is 0 Å². The number of aliphatic hydroxyl groups excluding tert-OH is 1. The summed E-state index contributed by atoms with van der Waals surface area (Å²) in [4.78, 5) is 4.14. The Morgan fingerprint density at radius 3 is 2.73 bits per heavy atom. The van der Waals surface area contributed by atoms with E-state index < -0.39 is 0 Å². The van der Waals surface area contributed by atoms with Crippen molar-refractivity contribution in [2.75, 3.05) is 6.61 Å². The van der Waals surface area contributed by atoms with Gasteiger partial charge in [-0.2, -0.15) is 0 Å². The van der Waals surface area contributed by atoms with E-state index in [0.29, 0.717) is 0 Å². The fourth-order valence-corrected chi connectivity index (χ4v) is 0.876. The first-order valence-corrected chi connectivity index (χ1v) is 3.77. The van der Waals surface area contributed by atoms with Crippen LogP contribution in [-0.2, 0) is 0 Å². The molecule has 0 radical (unpaired) electrons. The third kappa shape index (κ3) is 2.02. The van der Waals surface area contributed by atoms with Gasteiger partial charge in [-0.25, -0.2) is 0 Å². The van der Waals surface area contributed by atoms with Gasteiger partial charge in [0, 0.05) is 24.4 Å². The first-order valence-electron chi connectivity index (χ1n) is 3.77. The first-order chi connectivity index (χ1) is 5.24. The summed E-state index contributed by atoms with van der Waals surface area (Å²) in [6.07, 6.45) is 1.82. The van der Waals surface area contributed by atoms with Crippen molar-refractivity contribution in [3.05, 3.63) is 29.6 Å². The van der Waals surface area contributed by atoms with Gasteiger partial charge in [-0.05, 0) is 18.6 Å². The number of nitrogens with zero attached hydrogens (tertiary/aromatic N) is 1. The van der Waals surface area contributed by atoms with E-state index in [0.717, 1.165) is 11.3 Å². The van der Waals surface area contributed by atoms with Crippen molar-refractivity contribution in [1.82, 2.24) is 4.98 Å². The number of hydrogen-bond acceptors (Lipinski definition) is 2. The highest BCUT2D eigenvalue weighted by Gasteiger charge is 2.02. The van der Waals surface area contributed by atoms with E-state index in [9.17, 15) is 0 Å². The topological polar surface area (TPSA) is 33.1 Å². The van der Waals surface area contributed by atoms with Gasteiger partial charge in [0.2, 0.25) is 0 Å². The molecule has 1 aromatic heterocycles. The summed E-state index contributed by atoms with van der Waals surface area (Å²) < 4.78 is 0. The summed E-state index contributed by atoms with van der Waals surface area (Å²) >= 11 is 0. The fraction of sp³-hybridized carbons (Fsp3) is 0.444. The largest absolute Gasteiger partial charge is 0.396 e. The third-order valence-electron chi connectivity index (χ3n) is 1.78. The number of aliphatic hydroxyl groups is 1. The molecule has 60 valence electrons. The summed E-state index contributed by atoms with van der Waals surface area (Å²) in [6.45, 7) is 4.12. The quantitative estimate of drug-likeness (QED) is 0.694. The number of rotatable bonds is 2. The smallest absolute Gasteiger partial charge is 0.0497 e. The molecule has 0 aliphatic heterocycles. The lowest BCUT2D eigenvalue weighted by Crippen LogP contribution is -1.99. The molecule has 2 heteroatoms. The van der Waals surface area contributed by atoms with Gasteiger partial charge in [-0.1, -0.05) is 13.0 Å². The zero-order chi connectivity index (χ0) is 8.27. The maximum Gasteiger partial charge on any atom is 0.0497 e. The van der Waals surface area contributed by atoms with Gasteiger partial charge in [-0.15, -0.1) is 0 Å². The summed E-state index contributed by atoms with van der Waals surface area (Å²) in [6, 6.07) is 3.96. The van der Waals surface area contributed by atoms with E-state index in [-0.39, 0.29) is 12.5 Å². The lowest BCUT2D eigenvalue weighted by molar-refractivity contribution is 0.273. The average molecular weight is 151 g/mol. The van der Waals surface area contributed by atoms with E-state index >= 15 is 0 Å². The summed E-state index contributed by atoms with van der Waals surface area (Å²) in [5.74, 6) is 0.197. The van der Waals surface area contributed by atoms with Crippen LogP contribution in [0.15, 0.2) is 18.3 Å². The van der Waals surface area contributed by atoms with Crippen molar-refractivity contribution in [1.29, 1.82) is 0 Å². The number of aromatic nitrogens is 1. The molecule has 1 aromatic rings. The van der Waals surface area contributed by atoms with Crippen LogP contribution in [0.1, 0.15) is 24.1 Å². The van der Waals surface area contributed by atoms with E-state index in [4.69, 9.17) is 5.11 Å². The predicted molar refractivity (Wildman–Crippen MR) is 44.5 cm³/mol. The summed E-state index contributed by atoms with van der Waals surface area (Å²) in [7, 11) is 0. The van der Waals surface area contributed by atoms with Crippen LogP contribution in [0.25, 0.3) is 0 Å². The van der Waals surface area contributed by atoms with E-state index in [1.807, 2.05) is 32.2 Å². The molecule has 0 aliphatic rings. The van der Waals surface area contributed by atoms with Crippen molar-refractivity contribution in [2.45, 2.75) is 19.8 Å². The van der Waals surface area contributed by atoms with E-state index in [1.165, 1.54) is 0 Å². The molecule has 0 aromatic carbocycles. The van der Waals surface area contributed by atoms with Gasteiger partial charge < -0.3 is 5.11 Å². The second-order valence-electron chi connectivity index (χ2n) is 2.82.